The number of carbonyl (C=O) groups excluding carboxylic acids is 1. The van der Waals surface area contributed by atoms with Gasteiger partial charge in [-0.25, -0.2) is 8.42 Å². The molecule has 1 aromatic heterocycles. The molecular formula is C22H18N2O5S. The van der Waals surface area contributed by atoms with Gasteiger partial charge in [0.2, 0.25) is 0 Å². The van der Waals surface area contributed by atoms with Crippen LogP contribution in [-0.4, -0.2) is 21.4 Å². The van der Waals surface area contributed by atoms with E-state index in [-0.39, 0.29) is 10.7 Å². The van der Waals surface area contributed by atoms with Gasteiger partial charge in [-0.1, -0.05) is 36.4 Å². The molecule has 0 saturated heterocycles. The zero-order chi connectivity index (χ0) is 21.1. The van der Waals surface area contributed by atoms with Crippen LogP contribution in [0.3, 0.4) is 0 Å². The number of anilines is 2. The summed E-state index contributed by atoms with van der Waals surface area (Å²) >= 11 is 0. The SMILES string of the molecule is COc1ccccc1NS(=O)(=O)c1cccc(NC(=O)c2cc3ccccc3o2)c1. The van der Waals surface area contributed by atoms with Crippen LogP contribution < -0.4 is 14.8 Å². The topological polar surface area (TPSA) is 97.6 Å². The number of carbonyl (C=O) groups is 1. The number of hydrogen-bond acceptors (Lipinski definition) is 5. The third-order valence-corrected chi connectivity index (χ3v) is 5.77. The number of benzene rings is 3. The number of sulfonamides is 1. The molecule has 0 aliphatic heterocycles. The first-order chi connectivity index (χ1) is 14.5. The lowest BCUT2D eigenvalue weighted by Crippen LogP contribution is -2.15. The second-order valence-corrected chi connectivity index (χ2v) is 8.12. The molecule has 0 aliphatic carbocycles. The Kier molecular flexibility index (Phi) is 5.16. The van der Waals surface area contributed by atoms with Crippen LogP contribution in [0.1, 0.15) is 10.6 Å². The summed E-state index contributed by atoms with van der Waals surface area (Å²) in [6.45, 7) is 0. The fourth-order valence-corrected chi connectivity index (χ4v) is 4.08. The predicted octanol–water partition coefficient (Wildman–Crippen LogP) is 4.49. The summed E-state index contributed by atoms with van der Waals surface area (Å²) in [6, 6.07) is 21.6. The first-order valence-corrected chi connectivity index (χ1v) is 10.5. The maximum Gasteiger partial charge on any atom is 0.291 e. The van der Waals surface area contributed by atoms with Gasteiger partial charge in [-0.2, -0.15) is 0 Å². The molecule has 7 nitrogen and oxygen atoms in total. The van der Waals surface area contributed by atoms with Gasteiger partial charge in [0.1, 0.15) is 11.3 Å². The second kappa shape index (κ2) is 7.92. The number of fused-ring (bicyclic) bond motifs is 1. The van der Waals surface area contributed by atoms with Gasteiger partial charge in [0.15, 0.2) is 5.76 Å². The Labute approximate surface area is 173 Å². The summed E-state index contributed by atoms with van der Waals surface area (Å²) in [5.41, 5.74) is 1.24. The monoisotopic (exact) mass is 422 g/mol. The highest BCUT2D eigenvalue weighted by Crippen LogP contribution is 2.27. The number of ether oxygens (including phenoxy) is 1. The Morgan fingerprint density at radius 1 is 0.933 bits per heavy atom. The minimum atomic E-state index is -3.89. The van der Waals surface area contributed by atoms with E-state index in [1.807, 2.05) is 18.2 Å². The molecule has 0 radical (unpaired) electrons. The summed E-state index contributed by atoms with van der Waals surface area (Å²) in [5.74, 6) is 0.0606. The van der Waals surface area contributed by atoms with Crippen LogP contribution in [0.2, 0.25) is 0 Å². The lowest BCUT2D eigenvalue weighted by Gasteiger charge is -2.12. The van der Waals surface area contributed by atoms with Crippen LogP contribution in [0, 0.1) is 0 Å². The van der Waals surface area contributed by atoms with E-state index in [9.17, 15) is 13.2 Å². The van der Waals surface area contributed by atoms with Crippen molar-refractivity contribution in [2.75, 3.05) is 17.1 Å². The summed E-state index contributed by atoms with van der Waals surface area (Å²) in [7, 11) is -2.43. The van der Waals surface area contributed by atoms with Gasteiger partial charge in [0.05, 0.1) is 17.7 Å². The molecule has 0 unspecified atom stereocenters. The molecule has 152 valence electrons. The molecule has 0 bridgehead atoms. The molecule has 3 aromatic carbocycles. The first kappa shape index (κ1) is 19.5. The summed E-state index contributed by atoms with van der Waals surface area (Å²) in [4.78, 5) is 12.5. The molecule has 0 saturated carbocycles. The van der Waals surface area contributed by atoms with E-state index in [4.69, 9.17) is 9.15 Å². The third kappa shape index (κ3) is 3.99. The van der Waals surface area contributed by atoms with E-state index < -0.39 is 15.9 Å². The lowest BCUT2D eigenvalue weighted by atomic mass is 10.2. The summed E-state index contributed by atoms with van der Waals surface area (Å²) in [6.07, 6.45) is 0. The van der Waals surface area contributed by atoms with E-state index in [1.165, 1.54) is 19.2 Å². The molecule has 30 heavy (non-hydrogen) atoms. The number of amides is 1. The standard InChI is InChI=1S/C22H18N2O5S/c1-28-20-12-5-3-10-18(20)24-30(26,27)17-9-6-8-16(14-17)23-22(25)21-13-15-7-2-4-11-19(15)29-21/h2-14,24H,1H3,(H,23,25). The number of para-hydroxylation sites is 3. The highest BCUT2D eigenvalue weighted by molar-refractivity contribution is 7.92. The maximum absolute atomic E-state index is 12.8. The van der Waals surface area contributed by atoms with E-state index in [0.717, 1.165) is 5.39 Å². The van der Waals surface area contributed by atoms with Crippen molar-refractivity contribution in [1.29, 1.82) is 0 Å². The number of hydrogen-bond donors (Lipinski definition) is 2. The van der Waals surface area contributed by atoms with Crippen molar-refractivity contribution in [3.05, 3.63) is 84.6 Å². The minimum absolute atomic E-state index is 0.00388. The van der Waals surface area contributed by atoms with Crippen molar-refractivity contribution < 1.29 is 22.4 Å². The van der Waals surface area contributed by atoms with Gasteiger partial charge < -0.3 is 14.5 Å². The molecule has 0 fully saturated rings. The number of furan rings is 1. The maximum atomic E-state index is 12.8. The van der Waals surface area contributed by atoms with Crippen molar-refractivity contribution in [2.24, 2.45) is 0 Å². The van der Waals surface area contributed by atoms with E-state index in [1.54, 1.807) is 48.5 Å². The molecular weight excluding hydrogens is 404 g/mol. The Morgan fingerprint density at radius 2 is 1.70 bits per heavy atom. The van der Waals surface area contributed by atoms with Crippen molar-refractivity contribution in [3.63, 3.8) is 0 Å². The van der Waals surface area contributed by atoms with Crippen molar-refractivity contribution in [3.8, 4) is 5.75 Å². The smallest absolute Gasteiger partial charge is 0.291 e. The zero-order valence-corrected chi connectivity index (χ0v) is 16.8. The van der Waals surface area contributed by atoms with Crippen molar-refractivity contribution in [1.82, 2.24) is 0 Å². The predicted molar refractivity (Wildman–Crippen MR) is 114 cm³/mol. The normalized spacial score (nSPS) is 11.2. The summed E-state index contributed by atoms with van der Waals surface area (Å²) in [5, 5.41) is 3.47. The van der Waals surface area contributed by atoms with Crippen LogP contribution >= 0.6 is 0 Å². The number of rotatable bonds is 6. The van der Waals surface area contributed by atoms with Crippen LogP contribution in [0.25, 0.3) is 11.0 Å². The first-order valence-electron chi connectivity index (χ1n) is 9.02. The third-order valence-electron chi connectivity index (χ3n) is 4.40. The van der Waals surface area contributed by atoms with Crippen LogP contribution in [-0.2, 0) is 10.0 Å². The van der Waals surface area contributed by atoms with E-state index >= 15 is 0 Å². The van der Waals surface area contributed by atoms with Gasteiger partial charge >= 0.3 is 0 Å². The largest absolute Gasteiger partial charge is 0.495 e. The Morgan fingerprint density at radius 3 is 2.50 bits per heavy atom. The highest BCUT2D eigenvalue weighted by Gasteiger charge is 2.18. The van der Waals surface area contributed by atoms with Gasteiger partial charge in [-0.15, -0.1) is 0 Å². The van der Waals surface area contributed by atoms with E-state index in [2.05, 4.69) is 10.0 Å². The highest BCUT2D eigenvalue weighted by atomic mass is 32.2. The summed E-state index contributed by atoms with van der Waals surface area (Å²) < 4.78 is 38.8. The Bertz CT molecular complexity index is 1300. The molecule has 0 aliphatic rings. The van der Waals surface area contributed by atoms with E-state index in [0.29, 0.717) is 22.7 Å². The molecule has 2 N–H and O–H groups in total. The quantitative estimate of drug-likeness (QED) is 0.477. The van der Waals surface area contributed by atoms with Crippen molar-refractivity contribution >= 4 is 38.3 Å². The average molecular weight is 422 g/mol. The molecule has 0 atom stereocenters. The fourth-order valence-electron chi connectivity index (χ4n) is 2.96. The minimum Gasteiger partial charge on any atom is -0.495 e. The van der Waals surface area contributed by atoms with Gasteiger partial charge in [-0.3, -0.25) is 9.52 Å². The lowest BCUT2D eigenvalue weighted by molar-refractivity contribution is 0.0998. The van der Waals surface area contributed by atoms with Gasteiger partial charge in [0, 0.05) is 11.1 Å². The van der Waals surface area contributed by atoms with Crippen molar-refractivity contribution in [2.45, 2.75) is 4.90 Å². The second-order valence-electron chi connectivity index (χ2n) is 6.44. The molecule has 4 rings (SSSR count). The molecule has 1 amide bonds. The van der Waals surface area contributed by atoms with Crippen LogP contribution in [0.4, 0.5) is 11.4 Å². The molecule has 1 heterocycles. The molecule has 0 spiro atoms. The average Bonchev–Trinajstić information content (AvgIpc) is 3.19. The zero-order valence-electron chi connectivity index (χ0n) is 16.0. The Hall–Kier alpha value is -3.78. The number of methoxy groups -OCH3 is 1. The molecule has 4 aromatic rings. The van der Waals surface area contributed by atoms with Crippen LogP contribution in [0.5, 0.6) is 5.75 Å². The van der Waals surface area contributed by atoms with Crippen LogP contribution in [0.15, 0.2) is 88.2 Å². The Balaban J connectivity index is 1.56. The number of nitrogens with one attached hydrogen (secondary N) is 2. The fraction of sp³-hybridized carbons (Fsp3) is 0.0455. The van der Waals surface area contributed by atoms with Gasteiger partial charge in [-0.05, 0) is 42.5 Å². The molecule has 8 heteroatoms. The van der Waals surface area contributed by atoms with Gasteiger partial charge in [0.25, 0.3) is 15.9 Å².